The van der Waals surface area contributed by atoms with Crippen molar-refractivity contribution in [2.24, 2.45) is 0 Å². The van der Waals surface area contributed by atoms with Gasteiger partial charge in [0.25, 0.3) is 15.7 Å². The van der Waals surface area contributed by atoms with Crippen LogP contribution in [-0.4, -0.2) is 24.9 Å². The fraction of sp³-hybridized carbons (Fsp3) is 0.105. The first-order valence-corrected chi connectivity index (χ1v) is 9.91. The molecule has 3 aromatic rings. The highest BCUT2D eigenvalue weighted by atomic mass is 32.2. The zero-order valence-corrected chi connectivity index (χ0v) is 15.8. The first-order valence-electron chi connectivity index (χ1n) is 8.47. The standard InChI is InChI=1S/C19H18N4O4S/c1-2-22(16-8-4-3-5-9-16)28(26,27)18-11-12-19(20-14-18)21-15-7-6-10-17(13-15)23(24)25/h3-14H,2H2,1H3,(H,20,21). The van der Waals surface area contributed by atoms with E-state index in [2.05, 4.69) is 10.3 Å². The number of rotatable bonds is 7. The molecule has 0 aliphatic heterocycles. The Kier molecular flexibility index (Phi) is 5.55. The summed E-state index contributed by atoms with van der Waals surface area (Å²) in [7, 11) is -3.76. The van der Waals surface area contributed by atoms with Crippen molar-refractivity contribution in [1.82, 2.24) is 4.98 Å². The molecule has 0 amide bonds. The zero-order chi connectivity index (χ0) is 20.1. The van der Waals surface area contributed by atoms with Crippen molar-refractivity contribution in [2.45, 2.75) is 11.8 Å². The van der Waals surface area contributed by atoms with Crippen LogP contribution in [0.5, 0.6) is 0 Å². The van der Waals surface area contributed by atoms with Gasteiger partial charge in [0.05, 0.1) is 10.6 Å². The second-order valence-electron chi connectivity index (χ2n) is 5.82. The van der Waals surface area contributed by atoms with Gasteiger partial charge in [-0.25, -0.2) is 13.4 Å². The number of benzene rings is 2. The van der Waals surface area contributed by atoms with E-state index in [-0.39, 0.29) is 17.1 Å². The van der Waals surface area contributed by atoms with Crippen molar-refractivity contribution in [1.29, 1.82) is 0 Å². The molecule has 3 rings (SSSR count). The van der Waals surface area contributed by atoms with Crippen LogP contribution < -0.4 is 9.62 Å². The number of aromatic nitrogens is 1. The number of pyridine rings is 1. The number of non-ortho nitro benzene ring substituents is 1. The van der Waals surface area contributed by atoms with Crippen LogP contribution in [-0.2, 0) is 10.0 Å². The molecular weight excluding hydrogens is 380 g/mol. The van der Waals surface area contributed by atoms with Crippen LogP contribution in [0.2, 0.25) is 0 Å². The van der Waals surface area contributed by atoms with Gasteiger partial charge in [0.15, 0.2) is 0 Å². The van der Waals surface area contributed by atoms with E-state index in [1.165, 1.54) is 34.8 Å². The molecule has 0 saturated heterocycles. The number of nitro groups is 1. The molecular formula is C19H18N4O4S. The highest BCUT2D eigenvalue weighted by Gasteiger charge is 2.23. The minimum absolute atomic E-state index is 0.0503. The van der Waals surface area contributed by atoms with E-state index in [0.29, 0.717) is 17.2 Å². The van der Waals surface area contributed by atoms with E-state index in [4.69, 9.17) is 0 Å². The summed E-state index contributed by atoms with van der Waals surface area (Å²) < 4.78 is 27.2. The normalized spacial score (nSPS) is 11.0. The molecule has 9 heteroatoms. The number of nitrogens with one attached hydrogen (secondary N) is 1. The molecule has 0 radical (unpaired) electrons. The third-order valence-electron chi connectivity index (χ3n) is 3.99. The number of para-hydroxylation sites is 1. The van der Waals surface area contributed by atoms with E-state index >= 15 is 0 Å². The molecule has 0 spiro atoms. The van der Waals surface area contributed by atoms with Gasteiger partial charge in [0.2, 0.25) is 0 Å². The molecule has 8 nitrogen and oxygen atoms in total. The Balaban J connectivity index is 1.83. The van der Waals surface area contributed by atoms with Gasteiger partial charge in [-0.15, -0.1) is 0 Å². The molecule has 0 atom stereocenters. The zero-order valence-electron chi connectivity index (χ0n) is 15.0. The second kappa shape index (κ2) is 8.05. The maximum absolute atomic E-state index is 12.9. The predicted molar refractivity (Wildman–Crippen MR) is 107 cm³/mol. The number of nitrogens with zero attached hydrogens (tertiary/aromatic N) is 3. The summed E-state index contributed by atoms with van der Waals surface area (Å²) in [5, 5.41) is 13.8. The highest BCUT2D eigenvalue weighted by molar-refractivity contribution is 7.92. The molecule has 28 heavy (non-hydrogen) atoms. The smallest absolute Gasteiger partial charge is 0.271 e. The monoisotopic (exact) mass is 398 g/mol. The lowest BCUT2D eigenvalue weighted by Crippen LogP contribution is -2.30. The lowest BCUT2D eigenvalue weighted by Gasteiger charge is -2.22. The van der Waals surface area contributed by atoms with E-state index in [1.807, 2.05) is 6.07 Å². The van der Waals surface area contributed by atoms with Crippen LogP contribution in [0, 0.1) is 10.1 Å². The van der Waals surface area contributed by atoms with E-state index < -0.39 is 14.9 Å². The molecule has 0 unspecified atom stereocenters. The van der Waals surface area contributed by atoms with Crippen molar-refractivity contribution in [3.8, 4) is 0 Å². The van der Waals surface area contributed by atoms with Crippen LogP contribution >= 0.6 is 0 Å². The molecule has 144 valence electrons. The van der Waals surface area contributed by atoms with Crippen LogP contribution in [0.1, 0.15) is 6.92 Å². The van der Waals surface area contributed by atoms with Crippen LogP contribution in [0.25, 0.3) is 0 Å². The van der Waals surface area contributed by atoms with Crippen molar-refractivity contribution < 1.29 is 13.3 Å². The van der Waals surface area contributed by atoms with Gasteiger partial charge in [-0.1, -0.05) is 24.3 Å². The van der Waals surface area contributed by atoms with Crippen LogP contribution in [0.3, 0.4) is 0 Å². The van der Waals surface area contributed by atoms with Gasteiger partial charge in [0, 0.05) is 30.6 Å². The quantitative estimate of drug-likeness (QED) is 0.477. The largest absolute Gasteiger partial charge is 0.340 e. The van der Waals surface area contributed by atoms with Gasteiger partial charge in [-0.05, 0) is 37.3 Å². The molecule has 0 aliphatic carbocycles. The summed E-state index contributed by atoms with van der Waals surface area (Å²) in [5.74, 6) is 0.377. The average Bonchev–Trinajstić information content (AvgIpc) is 2.70. The lowest BCUT2D eigenvalue weighted by molar-refractivity contribution is -0.384. The molecule has 0 aliphatic rings. The minimum atomic E-state index is -3.76. The molecule has 1 aromatic heterocycles. The summed E-state index contributed by atoms with van der Waals surface area (Å²) in [6, 6.07) is 17.8. The first kappa shape index (κ1) is 19.3. The Bertz CT molecular complexity index is 1070. The number of hydrogen-bond acceptors (Lipinski definition) is 6. The Morgan fingerprint density at radius 2 is 1.82 bits per heavy atom. The third kappa shape index (κ3) is 4.09. The summed E-state index contributed by atoms with van der Waals surface area (Å²) in [6.07, 6.45) is 1.26. The Morgan fingerprint density at radius 1 is 1.07 bits per heavy atom. The Labute approximate surface area is 162 Å². The number of anilines is 3. The second-order valence-corrected chi connectivity index (χ2v) is 7.68. The van der Waals surface area contributed by atoms with Gasteiger partial charge in [-0.2, -0.15) is 0 Å². The van der Waals surface area contributed by atoms with Crippen LogP contribution in [0.4, 0.5) is 22.9 Å². The predicted octanol–water partition coefficient (Wildman–Crippen LogP) is 3.95. The summed E-state index contributed by atoms with van der Waals surface area (Å²) in [6.45, 7) is 2.04. The lowest BCUT2D eigenvalue weighted by atomic mass is 10.3. The first-order chi connectivity index (χ1) is 13.4. The average molecular weight is 398 g/mol. The third-order valence-corrected chi connectivity index (χ3v) is 5.87. The topological polar surface area (TPSA) is 105 Å². The summed E-state index contributed by atoms with van der Waals surface area (Å²) in [4.78, 5) is 14.6. The van der Waals surface area contributed by atoms with Gasteiger partial charge >= 0.3 is 0 Å². The van der Waals surface area contributed by atoms with E-state index in [0.717, 1.165) is 0 Å². The summed E-state index contributed by atoms with van der Waals surface area (Å²) in [5.41, 5.74) is 1.01. The fourth-order valence-electron chi connectivity index (χ4n) is 2.66. The summed E-state index contributed by atoms with van der Waals surface area (Å²) >= 11 is 0. The maximum Gasteiger partial charge on any atom is 0.271 e. The molecule has 2 aromatic carbocycles. The van der Waals surface area contributed by atoms with E-state index in [1.54, 1.807) is 43.3 Å². The number of nitro benzene ring substituents is 1. The molecule has 0 fully saturated rings. The number of sulfonamides is 1. The molecule has 1 N–H and O–H groups in total. The SMILES string of the molecule is CCN(c1ccccc1)S(=O)(=O)c1ccc(Nc2cccc([N+](=O)[O-])c2)nc1. The van der Waals surface area contributed by atoms with Gasteiger partial charge in [-0.3, -0.25) is 14.4 Å². The van der Waals surface area contributed by atoms with Crippen LogP contribution in [0.15, 0.2) is 77.8 Å². The van der Waals surface area contributed by atoms with Crippen molar-refractivity contribution in [3.63, 3.8) is 0 Å². The van der Waals surface area contributed by atoms with E-state index in [9.17, 15) is 18.5 Å². The highest BCUT2D eigenvalue weighted by Crippen LogP contribution is 2.25. The fourth-order valence-corrected chi connectivity index (χ4v) is 4.08. The van der Waals surface area contributed by atoms with Crippen molar-refractivity contribution in [2.75, 3.05) is 16.2 Å². The Morgan fingerprint density at radius 3 is 2.43 bits per heavy atom. The van der Waals surface area contributed by atoms with Crippen molar-refractivity contribution >= 4 is 32.9 Å². The minimum Gasteiger partial charge on any atom is -0.340 e. The Hall–Kier alpha value is -3.46. The molecule has 0 bridgehead atoms. The van der Waals surface area contributed by atoms with Crippen molar-refractivity contribution in [3.05, 3.63) is 83.0 Å². The molecule has 1 heterocycles. The number of hydrogen-bond donors (Lipinski definition) is 1. The van der Waals surface area contributed by atoms with Gasteiger partial charge in [0.1, 0.15) is 10.7 Å². The molecule has 0 saturated carbocycles. The van der Waals surface area contributed by atoms with Gasteiger partial charge < -0.3 is 5.32 Å². The maximum atomic E-state index is 12.9.